The molecule has 1 aromatic heterocycles. The molecule has 5 heteroatoms. The number of benzene rings is 1. The van der Waals surface area contributed by atoms with Crippen molar-refractivity contribution >= 4 is 16.9 Å². The Hall–Kier alpha value is -1.88. The lowest BCUT2D eigenvalue weighted by molar-refractivity contribution is 0.0734. The van der Waals surface area contributed by atoms with E-state index in [0.29, 0.717) is 24.1 Å². The molecule has 0 bridgehead atoms. The quantitative estimate of drug-likeness (QED) is 0.917. The highest BCUT2D eigenvalue weighted by Crippen LogP contribution is 2.25. The maximum atomic E-state index is 13.1. The van der Waals surface area contributed by atoms with Crippen molar-refractivity contribution in [1.29, 1.82) is 0 Å². The standard InChI is InChI=1S/C15H16FNO3/c1-9(18)10-4-5-17(8-10)15(19)14-7-11-6-12(16)2-3-13(11)20-14/h2-3,6-7,9-10,18H,4-5,8H2,1H3. The monoisotopic (exact) mass is 277 g/mol. The SMILES string of the molecule is CC(O)C1CCN(C(=O)c2cc3cc(F)ccc3o2)C1. The first-order valence-electron chi connectivity index (χ1n) is 6.71. The number of nitrogens with zero attached hydrogens (tertiary/aromatic N) is 1. The van der Waals surface area contributed by atoms with Gasteiger partial charge in [0.05, 0.1) is 6.10 Å². The van der Waals surface area contributed by atoms with Crippen LogP contribution in [0.3, 0.4) is 0 Å². The number of furan rings is 1. The lowest BCUT2D eigenvalue weighted by atomic mass is 10.0. The number of fused-ring (bicyclic) bond motifs is 1. The molecule has 1 amide bonds. The van der Waals surface area contributed by atoms with E-state index in [1.165, 1.54) is 18.2 Å². The zero-order valence-electron chi connectivity index (χ0n) is 11.2. The van der Waals surface area contributed by atoms with Gasteiger partial charge in [-0.3, -0.25) is 4.79 Å². The minimum Gasteiger partial charge on any atom is -0.451 e. The van der Waals surface area contributed by atoms with Gasteiger partial charge < -0.3 is 14.4 Å². The Kier molecular flexibility index (Phi) is 3.22. The Labute approximate surface area is 115 Å². The second-order valence-electron chi connectivity index (χ2n) is 5.33. The van der Waals surface area contributed by atoms with Crippen LogP contribution in [0.5, 0.6) is 0 Å². The van der Waals surface area contributed by atoms with Crippen molar-refractivity contribution in [1.82, 2.24) is 4.90 Å². The average molecular weight is 277 g/mol. The fourth-order valence-corrected chi connectivity index (χ4v) is 2.64. The summed E-state index contributed by atoms with van der Waals surface area (Å²) in [7, 11) is 0. The summed E-state index contributed by atoms with van der Waals surface area (Å²) >= 11 is 0. The van der Waals surface area contributed by atoms with Gasteiger partial charge in [-0.2, -0.15) is 0 Å². The topological polar surface area (TPSA) is 53.7 Å². The van der Waals surface area contributed by atoms with Gasteiger partial charge in [-0.25, -0.2) is 4.39 Å². The van der Waals surface area contributed by atoms with E-state index in [-0.39, 0.29) is 23.4 Å². The number of rotatable bonds is 2. The van der Waals surface area contributed by atoms with Gasteiger partial charge in [0.2, 0.25) is 0 Å². The van der Waals surface area contributed by atoms with Crippen LogP contribution in [0.25, 0.3) is 11.0 Å². The van der Waals surface area contributed by atoms with Gasteiger partial charge in [0.1, 0.15) is 11.4 Å². The molecule has 4 nitrogen and oxygen atoms in total. The summed E-state index contributed by atoms with van der Waals surface area (Å²) in [6.07, 6.45) is 0.371. The number of carbonyl (C=O) groups is 1. The van der Waals surface area contributed by atoms with Gasteiger partial charge in [-0.05, 0) is 37.6 Å². The maximum absolute atomic E-state index is 13.1. The summed E-state index contributed by atoms with van der Waals surface area (Å²) in [6.45, 7) is 2.88. The fraction of sp³-hybridized carbons (Fsp3) is 0.400. The van der Waals surface area contributed by atoms with Gasteiger partial charge in [0.25, 0.3) is 5.91 Å². The molecular formula is C15H16FNO3. The molecule has 2 heterocycles. The van der Waals surface area contributed by atoms with Crippen LogP contribution < -0.4 is 0 Å². The van der Waals surface area contributed by atoms with Crippen molar-refractivity contribution in [3.05, 3.63) is 35.8 Å². The summed E-state index contributed by atoms with van der Waals surface area (Å²) in [5.41, 5.74) is 0.501. The molecule has 0 radical (unpaired) electrons. The van der Waals surface area contributed by atoms with Gasteiger partial charge >= 0.3 is 0 Å². The highest BCUT2D eigenvalue weighted by atomic mass is 19.1. The van der Waals surface area contributed by atoms with Gasteiger partial charge in [-0.15, -0.1) is 0 Å². The van der Waals surface area contributed by atoms with E-state index in [4.69, 9.17) is 4.42 Å². The minimum atomic E-state index is -0.419. The average Bonchev–Trinajstić information content (AvgIpc) is 3.03. The molecule has 1 aromatic carbocycles. The van der Waals surface area contributed by atoms with Crippen molar-refractivity contribution in [2.45, 2.75) is 19.4 Å². The number of carbonyl (C=O) groups excluding carboxylic acids is 1. The lowest BCUT2D eigenvalue weighted by Gasteiger charge is -2.16. The first-order valence-corrected chi connectivity index (χ1v) is 6.71. The van der Waals surface area contributed by atoms with Crippen LogP contribution in [-0.2, 0) is 0 Å². The van der Waals surface area contributed by atoms with Crippen molar-refractivity contribution in [3.8, 4) is 0 Å². The molecule has 1 fully saturated rings. The van der Waals surface area contributed by atoms with E-state index in [2.05, 4.69) is 0 Å². The third-order valence-corrected chi connectivity index (χ3v) is 3.88. The second-order valence-corrected chi connectivity index (χ2v) is 5.33. The smallest absolute Gasteiger partial charge is 0.289 e. The van der Waals surface area contributed by atoms with E-state index in [0.717, 1.165) is 6.42 Å². The van der Waals surface area contributed by atoms with Crippen molar-refractivity contribution < 1.29 is 18.7 Å². The van der Waals surface area contributed by atoms with E-state index in [1.54, 1.807) is 17.9 Å². The molecule has 20 heavy (non-hydrogen) atoms. The van der Waals surface area contributed by atoms with E-state index in [1.807, 2.05) is 0 Å². The first kappa shape index (κ1) is 13.1. The molecule has 0 saturated carbocycles. The number of hydrogen-bond donors (Lipinski definition) is 1. The Morgan fingerprint density at radius 2 is 2.30 bits per heavy atom. The first-order chi connectivity index (χ1) is 9.54. The highest BCUT2D eigenvalue weighted by molar-refractivity contribution is 5.96. The number of likely N-dealkylation sites (tertiary alicyclic amines) is 1. The highest BCUT2D eigenvalue weighted by Gasteiger charge is 2.30. The number of aliphatic hydroxyl groups excluding tert-OH is 1. The Balaban J connectivity index is 1.82. The summed E-state index contributed by atoms with van der Waals surface area (Å²) in [4.78, 5) is 14.0. The third-order valence-electron chi connectivity index (χ3n) is 3.88. The largest absolute Gasteiger partial charge is 0.451 e. The fourth-order valence-electron chi connectivity index (χ4n) is 2.64. The zero-order chi connectivity index (χ0) is 14.3. The van der Waals surface area contributed by atoms with E-state index in [9.17, 15) is 14.3 Å². The van der Waals surface area contributed by atoms with Crippen LogP contribution in [0.2, 0.25) is 0 Å². The summed E-state index contributed by atoms with van der Waals surface area (Å²) < 4.78 is 18.6. The van der Waals surface area contributed by atoms with E-state index < -0.39 is 6.10 Å². The molecule has 106 valence electrons. The molecular weight excluding hydrogens is 261 g/mol. The lowest BCUT2D eigenvalue weighted by Crippen LogP contribution is -2.30. The minimum absolute atomic E-state index is 0.112. The number of halogens is 1. The molecule has 1 aliphatic rings. The molecule has 2 aromatic rings. The molecule has 1 N–H and O–H groups in total. The number of amides is 1. The summed E-state index contributed by atoms with van der Waals surface area (Å²) in [5, 5.41) is 10.1. The third kappa shape index (κ3) is 2.29. The van der Waals surface area contributed by atoms with Crippen LogP contribution in [0.4, 0.5) is 4.39 Å². The van der Waals surface area contributed by atoms with Crippen molar-refractivity contribution in [3.63, 3.8) is 0 Å². The maximum Gasteiger partial charge on any atom is 0.289 e. The Bertz CT molecular complexity index is 650. The van der Waals surface area contributed by atoms with Gasteiger partial charge in [-0.1, -0.05) is 0 Å². The van der Waals surface area contributed by atoms with Crippen LogP contribution in [-0.4, -0.2) is 35.1 Å². The van der Waals surface area contributed by atoms with Gasteiger partial charge in [0, 0.05) is 24.4 Å². The molecule has 1 aliphatic heterocycles. The van der Waals surface area contributed by atoms with Crippen LogP contribution >= 0.6 is 0 Å². The summed E-state index contributed by atoms with van der Waals surface area (Å²) in [6, 6.07) is 5.73. The Morgan fingerprint density at radius 3 is 3.00 bits per heavy atom. The predicted molar refractivity (Wildman–Crippen MR) is 71.9 cm³/mol. The molecule has 0 aliphatic carbocycles. The number of hydrogen-bond acceptors (Lipinski definition) is 3. The normalized spacial score (nSPS) is 20.6. The van der Waals surface area contributed by atoms with Crippen LogP contribution in [0.1, 0.15) is 23.9 Å². The molecule has 3 rings (SSSR count). The van der Waals surface area contributed by atoms with Crippen LogP contribution in [0, 0.1) is 11.7 Å². The summed E-state index contributed by atoms with van der Waals surface area (Å²) in [5.74, 6) is -0.227. The molecule has 0 spiro atoms. The van der Waals surface area contributed by atoms with Gasteiger partial charge in [0.15, 0.2) is 5.76 Å². The molecule has 1 saturated heterocycles. The zero-order valence-corrected chi connectivity index (χ0v) is 11.2. The van der Waals surface area contributed by atoms with Crippen molar-refractivity contribution in [2.24, 2.45) is 5.92 Å². The van der Waals surface area contributed by atoms with Crippen LogP contribution in [0.15, 0.2) is 28.7 Å². The number of aliphatic hydroxyl groups is 1. The van der Waals surface area contributed by atoms with E-state index >= 15 is 0 Å². The Morgan fingerprint density at radius 1 is 1.50 bits per heavy atom. The molecule has 2 atom stereocenters. The molecule has 2 unspecified atom stereocenters. The second kappa shape index (κ2) is 4.90. The predicted octanol–water partition coefficient (Wildman–Crippen LogP) is 2.41. The van der Waals surface area contributed by atoms with Crippen molar-refractivity contribution in [2.75, 3.05) is 13.1 Å².